The van der Waals surface area contributed by atoms with Crippen molar-refractivity contribution in [3.8, 4) is 6.07 Å². The molecular weight excluding hydrogens is 251 g/mol. The molecule has 20 heavy (non-hydrogen) atoms. The molecule has 2 atom stereocenters. The normalized spacial score (nSPS) is 22.8. The Labute approximate surface area is 121 Å². The summed E-state index contributed by atoms with van der Waals surface area (Å²) in [4.78, 5) is 0. The minimum Gasteiger partial charge on any atom is -0.310 e. The summed E-state index contributed by atoms with van der Waals surface area (Å²) in [5.41, 5.74) is 1.03. The zero-order valence-corrected chi connectivity index (χ0v) is 12.3. The lowest BCUT2D eigenvalue weighted by molar-refractivity contribution is 0.204. The summed E-state index contributed by atoms with van der Waals surface area (Å²) < 4.78 is 13.9. The van der Waals surface area contributed by atoms with Crippen molar-refractivity contribution < 1.29 is 4.39 Å². The zero-order chi connectivity index (χ0) is 14.5. The average molecular weight is 274 g/mol. The van der Waals surface area contributed by atoms with Crippen LogP contribution in [0.25, 0.3) is 0 Å². The van der Waals surface area contributed by atoms with E-state index < -0.39 is 0 Å². The second-order valence-corrected chi connectivity index (χ2v) is 6.10. The number of halogens is 1. The van der Waals surface area contributed by atoms with Crippen LogP contribution in [0.1, 0.15) is 50.7 Å². The molecule has 2 unspecified atom stereocenters. The number of nitrogens with one attached hydrogen (secondary N) is 1. The molecule has 2 nitrogen and oxygen atoms in total. The van der Waals surface area contributed by atoms with Crippen molar-refractivity contribution in [2.75, 3.05) is 0 Å². The van der Waals surface area contributed by atoms with Crippen LogP contribution in [0.2, 0.25) is 0 Å². The van der Waals surface area contributed by atoms with Crippen LogP contribution in [-0.4, -0.2) is 6.04 Å². The van der Waals surface area contributed by atoms with Crippen molar-refractivity contribution in [3.63, 3.8) is 0 Å². The monoisotopic (exact) mass is 274 g/mol. The Bertz CT molecular complexity index is 490. The van der Waals surface area contributed by atoms with Gasteiger partial charge in [-0.05, 0) is 36.8 Å². The third-order valence-corrected chi connectivity index (χ3v) is 4.41. The van der Waals surface area contributed by atoms with Crippen LogP contribution in [0.3, 0.4) is 0 Å². The molecule has 1 N–H and O–H groups in total. The molecule has 1 fully saturated rings. The van der Waals surface area contributed by atoms with E-state index in [1.54, 1.807) is 12.1 Å². The van der Waals surface area contributed by atoms with Crippen LogP contribution in [0.4, 0.5) is 4.39 Å². The average Bonchev–Trinajstić information content (AvgIpc) is 2.46. The van der Waals surface area contributed by atoms with Gasteiger partial charge in [0, 0.05) is 18.2 Å². The molecule has 3 heteroatoms. The van der Waals surface area contributed by atoms with E-state index >= 15 is 0 Å². The number of hydrogen-bond acceptors (Lipinski definition) is 2. The molecule has 0 aliphatic heterocycles. The molecule has 0 saturated heterocycles. The Kier molecular flexibility index (Phi) is 5.14. The molecule has 0 spiro atoms. The van der Waals surface area contributed by atoms with Gasteiger partial charge in [-0.1, -0.05) is 32.8 Å². The highest BCUT2D eigenvalue weighted by molar-refractivity contribution is 5.32. The summed E-state index contributed by atoms with van der Waals surface area (Å²) in [5.74, 6) is 1.07. The molecule has 1 saturated carbocycles. The molecule has 0 bridgehead atoms. The van der Waals surface area contributed by atoms with Crippen LogP contribution in [0, 0.1) is 29.0 Å². The topological polar surface area (TPSA) is 35.8 Å². The third kappa shape index (κ3) is 3.58. The molecule has 0 heterocycles. The highest BCUT2D eigenvalue weighted by Crippen LogP contribution is 2.30. The van der Waals surface area contributed by atoms with E-state index in [2.05, 4.69) is 19.2 Å². The first-order valence-electron chi connectivity index (χ1n) is 7.53. The van der Waals surface area contributed by atoms with E-state index in [1.807, 2.05) is 6.07 Å². The van der Waals surface area contributed by atoms with Gasteiger partial charge in [0.25, 0.3) is 0 Å². The van der Waals surface area contributed by atoms with Gasteiger partial charge in [0.15, 0.2) is 0 Å². The van der Waals surface area contributed by atoms with Gasteiger partial charge in [0.1, 0.15) is 5.82 Å². The SMILES string of the molecule is CC(C)C1CCCCC1NCc1ccc(C#N)cc1F. The Morgan fingerprint density at radius 2 is 2.10 bits per heavy atom. The first-order chi connectivity index (χ1) is 9.61. The van der Waals surface area contributed by atoms with Gasteiger partial charge in [0.2, 0.25) is 0 Å². The van der Waals surface area contributed by atoms with Crippen LogP contribution in [0.5, 0.6) is 0 Å². The fourth-order valence-electron chi connectivity index (χ4n) is 3.21. The zero-order valence-electron chi connectivity index (χ0n) is 12.3. The summed E-state index contributed by atoms with van der Waals surface area (Å²) in [6.07, 6.45) is 5.02. The fraction of sp³-hybridized carbons (Fsp3) is 0.588. The smallest absolute Gasteiger partial charge is 0.129 e. The molecule has 0 amide bonds. The Balaban J connectivity index is 1.99. The molecule has 2 rings (SSSR count). The molecule has 0 aromatic heterocycles. The molecular formula is C17H23FN2. The molecule has 1 aliphatic carbocycles. The van der Waals surface area contributed by atoms with Crippen LogP contribution >= 0.6 is 0 Å². The first-order valence-corrected chi connectivity index (χ1v) is 7.53. The summed E-state index contributed by atoms with van der Waals surface area (Å²) in [6.45, 7) is 5.09. The maximum Gasteiger partial charge on any atom is 0.129 e. The van der Waals surface area contributed by atoms with Crippen LogP contribution in [0.15, 0.2) is 18.2 Å². The Morgan fingerprint density at radius 3 is 2.75 bits per heavy atom. The lowest BCUT2D eigenvalue weighted by Crippen LogP contribution is -2.40. The number of benzene rings is 1. The highest BCUT2D eigenvalue weighted by atomic mass is 19.1. The van der Waals surface area contributed by atoms with Crippen molar-refractivity contribution in [1.29, 1.82) is 5.26 Å². The molecule has 108 valence electrons. The number of hydrogen-bond donors (Lipinski definition) is 1. The van der Waals surface area contributed by atoms with Crippen molar-refractivity contribution >= 4 is 0 Å². The molecule has 0 radical (unpaired) electrons. The van der Waals surface area contributed by atoms with Crippen LogP contribution < -0.4 is 5.32 Å². The van der Waals surface area contributed by atoms with Gasteiger partial charge in [-0.15, -0.1) is 0 Å². The predicted molar refractivity (Wildman–Crippen MR) is 78.5 cm³/mol. The number of nitriles is 1. The molecule has 1 aromatic carbocycles. The van der Waals surface area contributed by atoms with Crippen LogP contribution in [-0.2, 0) is 6.54 Å². The lowest BCUT2D eigenvalue weighted by atomic mass is 9.78. The van der Waals surface area contributed by atoms with E-state index in [1.165, 1.54) is 31.7 Å². The van der Waals surface area contributed by atoms with Crippen molar-refractivity contribution in [3.05, 3.63) is 35.1 Å². The van der Waals surface area contributed by atoms with Gasteiger partial charge in [0.05, 0.1) is 11.6 Å². The van der Waals surface area contributed by atoms with E-state index in [9.17, 15) is 4.39 Å². The summed E-state index contributed by atoms with van der Waals surface area (Å²) in [7, 11) is 0. The minimum atomic E-state index is -0.284. The Hall–Kier alpha value is -1.40. The predicted octanol–water partition coefficient (Wildman–Crippen LogP) is 4.00. The van der Waals surface area contributed by atoms with Gasteiger partial charge in [-0.2, -0.15) is 5.26 Å². The van der Waals surface area contributed by atoms with E-state index in [0.29, 0.717) is 35.5 Å². The second-order valence-electron chi connectivity index (χ2n) is 6.10. The number of rotatable bonds is 4. The largest absolute Gasteiger partial charge is 0.310 e. The van der Waals surface area contributed by atoms with Crippen molar-refractivity contribution in [2.45, 2.75) is 52.1 Å². The van der Waals surface area contributed by atoms with Gasteiger partial charge >= 0.3 is 0 Å². The maximum absolute atomic E-state index is 13.9. The Morgan fingerprint density at radius 1 is 1.35 bits per heavy atom. The van der Waals surface area contributed by atoms with Crippen molar-refractivity contribution in [1.82, 2.24) is 5.32 Å². The fourth-order valence-corrected chi connectivity index (χ4v) is 3.21. The quantitative estimate of drug-likeness (QED) is 0.900. The van der Waals surface area contributed by atoms with Gasteiger partial charge in [-0.3, -0.25) is 0 Å². The number of nitrogens with zero attached hydrogens (tertiary/aromatic N) is 1. The van der Waals surface area contributed by atoms with Gasteiger partial charge < -0.3 is 5.32 Å². The lowest BCUT2D eigenvalue weighted by Gasteiger charge is -2.35. The summed E-state index contributed by atoms with van der Waals surface area (Å²) in [6, 6.07) is 7.16. The summed E-state index contributed by atoms with van der Waals surface area (Å²) >= 11 is 0. The van der Waals surface area contributed by atoms with E-state index in [-0.39, 0.29) is 5.82 Å². The maximum atomic E-state index is 13.9. The summed E-state index contributed by atoms with van der Waals surface area (Å²) in [5, 5.41) is 12.3. The van der Waals surface area contributed by atoms with Crippen molar-refractivity contribution in [2.24, 2.45) is 11.8 Å². The first kappa shape index (κ1) is 15.0. The van der Waals surface area contributed by atoms with E-state index in [4.69, 9.17) is 5.26 Å². The highest BCUT2D eigenvalue weighted by Gasteiger charge is 2.27. The molecule has 1 aromatic rings. The van der Waals surface area contributed by atoms with Gasteiger partial charge in [-0.25, -0.2) is 4.39 Å². The second kappa shape index (κ2) is 6.85. The van der Waals surface area contributed by atoms with E-state index in [0.717, 1.165) is 0 Å². The standard InChI is InChI=1S/C17H23FN2/c1-12(2)15-5-3-4-6-17(15)20-11-14-8-7-13(10-19)9-16(14)18/h7-9,12,15,17,20H,3-6,11H2,1-2H3. The minimum absolute atomic E-state index is 0.284. The molecule has 1 aliphatic rings. The third-order valence-electron chi connectivity index (χ3n) is 4.41.